The van der Waals surface area contributed by atoms with Crippen LogP contribution in [-0.4, -0.2) is 17.4 Å². The fraction of sp³-hybridized carbons (Fsp3) is 0.273. The molecule has 0 spiro atoms. The molecule has 92 valence electrons. The van der Waals surface area contributed by atoms with Crippen LogP contribution in [0.15, 0.2) is 22.7 Å². The summed E-state index contributed by atoms with van der Waals surface area (Å²) in [5.41, 5.74) is 5.34. The first kappa shape index (κ1) is 14.1. The van der Waals surface area contributed by atoms with Crippen molar-refractivity contribution in [2.24, 2.45) is 5.73 Å². The number of nitrogens with two attached hydrogens (primary N) is 1. The molecule has 17 heavy (non-hydrogen) atoms. The average molecular weight is 319 g/mol. The highest BCUT2D eigenvalue weighted by atomic mass is 79.9. The number of amides is 1. The van der Waals surface area contributed by atoms with Crippen molar-refractivity contribution in [1.82, 2.24) is 5.32 Å². The summed E-state index contributed by atoms with van der Waals surface area (Å²) < 4.78 is 13.8. The number of carbonyl (C=O) groups is 1. The van der Waals surface area contributed by atoms with Gasteiger partial charge in [-0.3, -0.25) is 4.79 Å². The third-order valence-corrected chi connectivity index (χ3v) is 2.90. The summed E-state index contributed by atoms with van der Waals surface area (Å²) in [7, 11) is 0. The number of benzene rings is 1. The zero-order chi connectivity index (χ0) is 12.8. The molecule has 3 N–H and O–H groups in total. The van der Waals surface area contributed by atoms with Gasteiger partial charge in [-0.25, -0.2) is 4.39 Å². The Bertz CT molecular complexity index is 439. The lowest BCUT2D eigenvalue weighted by Crippen LogP contribution is -2.26. The van der Waals surface area contributed by atoms with Gasteiger partial charge >= 0.3 is 0 Å². The van der Waals surface area contributed by atoms with Crippen molar-refractivity contribution in [1.29, 1.82) is 0 Å². The molecule has 0 saturated heterocycles. The van der Waals surface area contributed by atoms with E-state index in [1.165, 1.54) is 6.07 Å². The smallest absolute Gasteiger partial charge is 0.254 e. The summed E-state index contributed by atoms with van der Waals surface area (Å²) in [6.45, 7) is 0.419. The second-order valence-electron chi connectivity index (χ2n) is 3.43. The molecule has 0 atom stereocenters. The van der Waals surface area contributed by atoms with E-state index in [-0.39, 0.29) is 10.0 Å². The third kappa shape index (κ3) is 4.40. The number of thiocarbonyl (C=S) groups is 1. The van der Waals surface area contributed by atoms with Crippen molar-refractivity contribution in [2.75, 3.05) is 6.54 Å². The minimum atomic E-state index is -0.556. The highest BCUT2D eigenvalue weighted by Gasteiger charge is 2.12. The van der Waals surface area contributed by atoms with Crippen LogP contribution in [0.4, 0.5) is 4.39 Å². The van der Waals surface area contributed by atoms with E-state index < -0.39 is 11.7 Å². The normalized spacial score (nSPS) is 10.0. The highest BCUT2D eigenvalue weighted by Crippen LogP contribution is 2.18. The van der Waals surface area contributed by atoms with E-state index >= 15 is 0 Å². The van der Waals surface area contributed by atoms with Crippen LogP contribution in [0.1, 0.15) is 23.2 Å². The molecule has 0 heterocycles. The Morgan fingerprint density at radius 2 is 2.24 bits per heavy atom. The summed E-state index contributed by atoms with van der Waals surface area (Å²) in [5, 5.41) is 2.61. The molecule has 0 bridgehead atoms. The first-order valence-corrected chi connectivity index (χ1v) is 6.23. The number of hydrogen-bond donors (Lipinski definition) is 2. The van der Waals surface area contributed by atoms with Crippen LogP contribution in [0.2, 0.25) is 0 Å². The van der Waals surface area contributed by atoms with Gasteiger partial charge in [0.2, 0.25) is 0 Å². The fourth-order valence-electron chi connectivity index (χ4n) is 1.24. The van der Waals surface area contributed by atoms with Gasteiger partial charge in [-0.2, -0.15) is 0 Å². The second kappa shape index (κ2) is 6.66. The lowest BCUT2D eigenvalue weighted by molar-refractivity contribution is 0.0949. The molecule has 1 rings (SSSR count). The summed E-state index contributed by atoms with van der Waals surface area (Å²) in [6, 6.07) is 4.58. The van der Waals surface area contributed by atoms with E-state index in [1.807, 2.05) is 0 Å². The Hall–Kier alpha value is -1.01. The van der Waals surface area contributed by atoms with Crippen LogP contribution in [0, 0.1) is 5.82 Å². The fourth-order valence-corrected chi connectivity index (χ4v) is 1.75. The predicted molar refractivity (Wildman–Crippen MR) is 72.5 cm³/mol. The van der Waals surface area contributed by atoms with Gasteiger partial charge in [-0.05, 0) is 40.9 Å². The second-order valence-corrected chi connectivity index (χ2v) is 4.81. The summed E-state index contributed by atoms with van der Waals surface area (Å²) in [5.74, 6) is -0.994. The molecule has 0 unspecified atom stereocenters. The van der Waals surface area contributed by atoms with Crippen LogP contribution in [0.3, 0.4) is 0 Å². The molecular formula is C11H12BrFN2OS. The molecule has 1 aromatic rings. The van der Waals surface area contributed by atoms with Crippen molar-refractivity contribution in [3.63, 3.8) is 0 Å². The molecule has 0 saturated carbocycles. The lowest BCUT2D eigenvalue weighted by Gasteiger charge is -2.06. The van der Waals surface area contributed by atoms with Crippen molar-refractivity contribution < 1.29 is 9.18 Å². The van der Waals surface area contributed by atoms with Gasteiger partial charge in [-0.15, -0.1) is 0 Å². The predicted octanol–water partition coefficient (Wildman–Crippen LogP) is 2.38. The molecule has 1 aromatic carbocycles. The molecule has 0 aliphatic rings. The average Bonchev–Trinajstić information content (AvgIpc) is 2.27. The largest absolute Gasteiger partial charge is 0.393 e. The molecule has 0 aromatic heterocycles. The number of hydrogen-bond acceptors (Lipinski definition) is 2. The van der Waals surface area contributed by atoms with Crippen LogP contribution in [0.5, 0.6) is 0 Å². The molecule has 1 amide bonds. The first-order chi connectivity index (χ1) is 8.02. The Kier molecular flexibility index (Phi) is 5.50. The number of halogens is 2. The Morgan fingerprint density at radius 3 is 2.88 bits per heavy atom. The molecule has 6 heteroatoms. The summed E-state index contributed by atoms with van der Waals surface area (Å²) in [4.78, 5) is 12.0. The molecule has 3 nitrogen and oxygen atoms in total. The molecular weight excluding hydrogens is 307 g/mol. The van der Waals surface area contributed by atoms with Crippen LogP contribution in [-0.2, 0) is 0 Å². The van der Waals surface area contributed by atoms with E-state index in [1.54, 1.807) is 12.1 Å². The van der Waals surface area contributed by atoms with E-state index in [0.717, 1.165) is 0 Å². The molecule has 0 aliphatic heterocycles. The van der Waals surface area contributed by atoms with E-state index in [0.29, 0.717) is 24.4 Å². The number of nitrogens with one attached hydrogen (secondary N) is 1. The maximum atomic E-state index is 13.5. The Morgan fingerprint density at radius 1 is 1.53 bits per heavy atom. The van der Waals surface area contributed by atoms with E-state index in [4.69, 9.17) is 18.0 Å². The van der Waals surface area contributed by atoms with Gasteiger partial charge in [0.15, 0.2) is 0 Å². The minimum absolute atomic E-state index is 0.0229. The zero-order valence-electron chi connectivity index (χ0n) is 9.00. The Labute approximate surface area is 113 Å². The summed E-state index contributed by atoms with van der Waals surface area (Å²) in [6.07, 6.45) is 1.22. The van der Waals surface area contributed by atoms with Crippen molar-refractivity contribution in [3.8, 4) is 0 Å². The third-order valence-electron chi connectivity index (χ3n) is 2.08. The van der Waals surface area contributed by atoms with Gasteiger partial charge < -0.3 is 11.1 Å². The summed E-state index contributed by atoms with van der Waals surface area (Å²) >= 11 is 7.73. The van der Waals surface area contributed by atoms with Gasteiger partial charge in [0.05, 0.1) is 15.0 Å². The number of carbonyl (C=O) groups excluding carboxylic acids is 1. The lowest BCUT2D eigenvalue weighted by atomic mass is 10.2. The molecule has 0 fully saturated rings. The van der Waals surface area contributed by atoms with Crippen molar-refractivity contribution in [3.05, 3.63) is 34.1 Å². The minimum Gasteiger partial charge on any atom is -0.393 e. The van der Waals surface area contributed by atoms with Crippen LogP contribution in [0.25, 0.3) is 0 Å². The van der Waals surface area contributed by atoms with Gasteiger partial charge in [0.25, 0.3) is 5.91 Å². The molecule has 0 radical (unpaired) electrons. The zero-order valence-corrected chi connectivity index (χ0v) is 11.4. The molecule has 0 aliphatic carbocycles. The Balaban J connectivity index is 2.53. The van der Waals surface area contributed by atoms with Gasteiger partial charge in [0.1, 0.15) is 5.82 Å². The van der Waals surface area contributed by atoms with Crippen LogP contribution < -0.4 is 11.1 Å². The standard InChI is InChI=1S/C11H12BrFN2OS/c12-8-4-1-3-7(10(8)13)11(16)15-6-2-5-9(14)17/h1,3-4H,2,5-6H2,(H2,14,17)(H,15,16). The van der Waals surface area contributed by atoms with Crippen molar-refractivity contribution >= 4 is 39.0 Å². The first-order valence-electron chi connectivity index (χ1n) is 5.03. The van der Waals surface area contributed by atoms with Crippen molar-refractivity contribution in [2.45, 2.75) is 12.8 Å². The topological polar surface area (TPSA) is 55.1 Å². The van der Waals surface area contributed by atoms with Gasteiger partial charge in [0, 0.05) is 6.54 Å². The van der Waals surface area contributed by atoms with E-state index in [9.17, 15) is 9.18 Å². The maximum absolute atomic E-state index is 13.5. The van der Waals surface area contributed by atoms with Crippen LogP contribution >= 0.6 is 28.1 Å². The highest BCUT2D eigenvalue weighted by molar-refractivity contribution is 9.10. The SMILES string of the molecule is NC(=S)CCCNC(=O)c1cccc(Br)c1F. The monoisotopic (exact) mass is 318 g/mol. The maximum Gasteiger partial charge on any atom is 0.254 e. The van der Waals surface area contributed by atoms with E-state index in [2.05, 4.69) is 21.2 Å². The number of rotatable bonds is 5. The van der Waals surface area contributed by atoms with Gasteiger partial charge in [-0.1, -0.05) is 18.3 Å². The quantitative estimate of drug-likeness (QED) is 0.647.